The van der Waals surface area contributed by atoms with Gasteiger partial charge in [0.1, 0.15) is 0 Å². The molecule has 2 aromatic rings. The molecule has 2 saturated heterocycles. The van der Waals surface area contributed by atoms with Crippen LogP contribution in [0.1, 0.15) is 36.4 Å². The fourth-order valence-corrected chi connectivity index (χ4v) is 4.35. The number of hydrogen-bond acceptors (Lipinski definition) is 4. The molecule has 0 spiro atoms. The van der Waals surface area contributed by atoms with Gasteiger partial charge in [0, 0.05) is 44.6 Å². The van der Waals surface area contributed by atoms with Crippen molar-refractivity contribution in [2.45, 2.75) is 37.8 Å². The van der Waals surface area contributed by atoms with Crippen molar-refractivity contribution in [3.8, 4) is 0 Å². The Bertz CT molecular complexity index is 744. The van der Waals surface area contributed by atoms with Gasteiger partial charge in [-0.2, -0.15) is 0 Å². The minimum absolute atomic E-state index is 0.0464. The number of piperazine rings is 1. The molecule has 1 amide bonds. The van der Waals surface area contributed by atoms with Crippen molar-refractivity contribution >= 4 is 5.91 Å². The molecule has 0 radical (unpaired) electrons. The number of carbonyl (C=O) groups excluding carboxylic acids is 1. The minimum atomic E-state index is -0.0464. The number of hydrogen-bond donors (Lipinski definition) is 1. The van der Waals surface area contributed by atoms with E-state index in [1.807, 2.05) is 12.3 Å². The van der Waals surface area contributed by atoms with Gasteiger partial charge in [-0.05, 0) is 49.4 Å². The molecule has 0 bridgehead atoms. The van der Waals surface area contributed by atoms with Crippen LogP contribution in [0, 0.1) is 0 Å². The third-order valence-corrected chi connectivity index (χ3v) is 6.00. The summed E-state index contributed by atoms with van der Waals surface area (Å²) < 4.78 is 0. The first-order valence-electron chi connectivity index (χ1n) is 10.5. The minimum Gasteiger partial charge on any atom is -0.339 e. The van der Waals surface area contributed by atoms with E-state index < -0.39 is 0 Å². The Labute approximate surface area is 167 Å². The average Bonchev–Trinajstić information content (AvgIpc) is 3.25. The molecule has 4 rings (SSSR count). The Kier molecular flexibility index (Phi) is 6.34. The molecule has 1 aromatic heterocycles. The third-order valence-electron chi connectivity index (χ3n) is 6.00. The molecule has 1 N–H and O–H groups in total. The molecule has 2 fully saturated rings. The summed E-state index contributed by atoms with van der Waals surface area (Å²) in [4.78, 5) is 21.7. The third kappa shape index (κ3) is 4.78. The van der Waals surface area contributed by atoms with E-state index in [4.69, 9.17) is 0 Å². The van der Waals surface area contributed by atoms with Gasteiger partial charge < -0.3 is 4.90 Å². The molecule has 148 valence electrons. The van der Waals surface area contributed by atoms with E-state index in [1.165, 1.54) is 17.5 Å². The maximum Gasteiger partial charge on any atom is 0.239 e. The molecule has 5 nitrogen and oxygen atoms in total. The SMILES string of the molecule is O=C([C@@H]1CC[C@@H](c2cccnc2)N1)N1CCN(CCCc2ccccc2)CC1. The summed E-state index contributed by atoms with van der Waals surface area (Å²) in [5, 5.41) is 3.52. The second-order valence-electron chi connectivity index (χ2n) is 7.89. The zero-order valence-corrected chi connectivity index (χ0v) is 16.5. The summed E-state index contributed by atoms with van der Waals surface area (Å²) in [6.07, 6.45) is 7.91. The van der Waals surface area contributed by atoms with Gasteiger partial charge >= 0.3 is 0 Å². The number of pyridine rings is 1. The second kappa shape index (κ2) is 9.30. The first-order chi connectivity index (χ1) is 13.8. The van der Waals surface area contributed by atoms with Crippen molar-refractivity contribution in [2.75, 3.05) is 32.7 Å². The van der Waals surface area contributed by atoms with Gasteiger partial charge in [0.15, 0.2) is 0 Å². The molecule has 5 heteroatoms. The predicted molar refractivity (Wildman–Crippen MR) is 111 cm³/mol. The molecule has 0 aliphatic carbocycles. The van der Waals surface area contributed by atoms with E-state index in [0.717, 1.165) is 52.0 Å². The fourth-order valence-electron chi connectivity index (χ4n) is 4.35. The Morgan fingerprint density at radius 3 is 2.61 bits per heavy atom. The van der Waals surface area contributed by atoms with Gasteiger partial charge in [-0.25, -0.2) is 0 Å². The number of rotatable bonds is 6. The van der Waals surface area contributed by atoms with Gasteiger partial charge in [0.05, 0.1) is 6.04 Å². The van der Waals surface area contributed by atoms with Crippen LogP contribution in [0.3, 0.4) is 0 Å². The largest absolute Gasteiger partial charge is 0.339 e. The van der Waals surface area contributed by atoms with Crippen molar-refractivity contribution in [2.24, 2.45) is 0 Å². The highest BCUT2D eigenvalue weighted by Gasteiger charge is 2.33. The zero-order chi connectivity index (χ0) is 19.2. The number of nitrogens with one attached hydrogen (secondary N) is 1. The van der Waals surface area contributed by atoms with E-state index in [1.54, 1.807) is 6.20 Å². The van der Waals surface area contributed by atoms with Gasteiger partial charge in [-0.15, -0.1) is 0 Å². The summed E-state index contributed by atoms with van der Waals surface area (Å²) in [5.74, 6) is 0.273. The standard InChI is InChI=1S/C23H30N4O/c28-23(22-11-10-21(25-22)20-9-4-12-24-18-20)27-16-14-26(15-17-27)13-5-8-19-6-2-1-3-7-19/h1-4,6-7,9,12,18,21-22,25H,5,8,10-11,13-17H2/t21-,22-/m0/s1. The molecule has 28 heavy (non-hydrogen) atoms. The Balaban J connectivity index is 1.19. The summed E-state index contributed by atoms with van der Waals surface area (Å²) in [6.45, 7) is 4.78. The summed E-state index contributed by atoms with van der Waals surface area (Å²) in [7, 11) is 0. The normalized spacial score (nSPS) is 23.1. The van der Waals surface area contributed by atoms with Crippen molar-refractivity contribution < 1.29 is 4.79 Å². The summed E-state index contributed by atoms with van der Waals surface area (Å²) >= 11 is 0. The molecule has 2 aliphatic rings. The number of nitrogens with zero attached hydrogens (tertiary/aromatic N) is 3. The van der Waals surface area contributed by atoms with Crippen molar-refractivity contribution in [3.05, 3.63) is 66.0 Å². The molecule has 3 heterocycles. The molecule has 0 unspecified atom stereocenters. The van der Waals surface area contributed by atoms with Crippen LogP contribution in [-0.2, 0) is 11.2 Å². The van der Waals surface area contributed by atoms with Crippen LogP contribution in [0.5, 0.6) is 0 Å². The monoisotopic (exact) mass is 378 g/mol. The van der Waals surface area contributed by atoms with E-state index in [2.05, 4.69) is 56.5 Å². The van der Waals surface area contributed by atoms with Gasteiger partial charge in [0.2, 0.25) is 5.91 Å². The maximum absolute atomic E-state index is 12.9. The molecular weight excluding hydrogens is 348 g/mol. The highest BCUT2D eigenvalue weighted by atomic mass is 16.2. The van der Waals surface area contributed by atoms with E-state index in [9.17, 15) is 4.79 Å². The number of benzene rings is 1. The van der Waals surface area contributed by atoms with Crippen molar-refractivity contribution in [1.82, 2.24) is 20.1 Å². The number of carbonyl (C=O) groups is 1. The quantitative estimate of drug-likeness (QED) is 0.840. The topological polar surface area (TPSA) is 48.5 Å². The van der Waals surface area contributed by atoms with Crippen LogP contribution in [0.4, 0.5) is 0 Å². The lowest BCUT2D eigenvalue weighted by molar-refractivity contribution is -0.134. The number of aromatic nitrogens is 1. The molecular formula is C23H30N4O. The molecule has 0 saturated carbocycles. The van der Waals surface area contributed by atoms with Gasteiger partial charge in [-0.1, -0.05) is 36.4 Å². The molecule has 1 aromatic carbocycles. The van der Waals surface area contributed by atoms with Gasteiger partial charge in [-0.3, -0.25) is 20.0 Å². The smallest absolute Gasteiger partial charge is 0.239 e. The van der Waals surface area contributed by atoms with E-state index in [0.29, 0.717) is 0 Å². The van der Waals surface area contributed by atoms with Crippen LogP contribution in [0.25, 0.3) is 0 Å². The van der Waals surface area contributed by atoms with E-state index in [-0.39, 0.29) is 18.0 Å². The second-order valence-corrected chi connectivity index (χ2v) is 7.89. The van der Waals surface area contributed by atoms with Crippen molar-refractivity contribution in [3.63, 3.8) is 0 Å². The van der Waals surface area contributed by atoms with Crippen LogP contribution in [0.15, 0.2) is 54.9 Å². The Morgan fingerprint density at radius 2 is 1.86 bits per heavy atom. The summed E-state index contributed by atoms with van der Waals surface area (Å²) in [6, 6.07) is 14.9. The molecule has 2 aliphatic heterocycles. The van der Waals surface area contributed by atoms with Crippen LogP contribution < -0.4 is 5.32 Å². The van der Waals surface area contributed by atoms with Gasteiger partial charge in [0.25, 0.3) is 0 Å². The van der Waals surface area contributed by atoms with Crippen LogP contribution in [0.2, 0.25) is 0 Å². The number of aryl methyl sites for hydroxylation is 1. The van der Waals surface area contributed by atoms with Crippen LogP contribution in [-0.4, -0.2) is 59.5 Å². The average molecular weight is 379 g/mol. The maximum atomic E-state index is 12.9. The lowest BCUT2D eigenvalue weighted by Crippen LogP contribution is -2.53. The van der Waals surface area contributed by atoms with E-state index >= 15 is 0 Å². The van der Waals surface area contributed by atoms with Crippen LogP contribution >= 0.6 is 0 Å². The molecule has 2 atom stereocenters. The number of amides is 1. The lowest BCUT2D eigenvalue weighted by atomic mass is 10.1. The lowest BCUT2D eigenvalue weighted by Gasteiger charge is -2.36. The summed E-state index contributed by atoms with van der Waals surface area (Å²) in [5.41, 5.74) is 2.59. The zero-order valence-electron chi connectivity index (χ0n) is 16.5. The Hall–Kier alpha value is -2.24. The highest BCUT2D eigenvalue weighted by Crippen LogP contribution is 2.27. The first-order valence-corrected chi connectivity index (χ1v) is 10.5. The predicted octanol–water partition coefficient (Wildman–Crippen LogP) is 2.65. The first kappa shape index (κ1) is 19.1. The highest BCUT2D eigenvalue weighted by molar-refractivity contribution is 5.82. The Morgan fingerprint density at radius 1 is 1.04 bits per heavy atom. The fraction of sp³-hybridized carbons (Fsp3) is 0.478. The van der Waals surface area contributed by atoms with Crippen molar-refractivity contribution in [1.29, 1.82) is 0 Å².